The van der Waals surface area contributed by atoms with Crippen molar-refractivity contribution in [1.29, 1.82) is 0 Å². The van der Waals surface area contributed by atoms with Crippen molar-refractivity contribution in [1.82, 2.24) is 15.8 Å². The van der Waals surface area contributed by atoms with Crippen molar-refractivity contribution >= 4 is 28.5 Å². The van der Waals surface area contributed by atoms with Gasteiger partial charge in [0, 0.05) is 11.9 Å². The summed E-state index contributed by atoms with van der Waals surface area (Å²) < 4.78 is 0. The highest BCUT2D eigenvalue weighted by Gasteiger charge is 2.35. The number of benzene rings is 3. The molecule has 0 saturated carbocycles. The Morgan fingerprint density at radius 1 is 0.871 bits per heavy atom. The Morgan fingerprint density at radius 3 is 2.42 bits per heavy atom. The van der Waals surface area contributed by atoms with Crippen molar-refractivity contribution in [3.63, 3.8) is 0 Å². The number of phenols is 2. The summed E-state index contributed by atoms with van der Waals surface area (Å²) in [6.45, 7) is 0.358. The van der Waals surface area contributed by atoms with Crippen molar-refractivity contribution in [3.05, 3.63) is 71.8 Å². The lowest BCUT2D eigenvalue weighted by Gasteiger charge is -2.24. The van der Waals surface area contributed by atoms with Crippen molar-refractivity contribution < 1.29 is 24.6 Å². The van der Waals surface area contributed by atoms with Crippen LogP contribution in [0.1, 0.15) is 33.6 Å². The SMILES string of the molecule is O=C(NNC(=O)C1CCCN1C(=O)c1ccc2ccccc2c1O)c1ccccc1O. The smallest absolute Gasteiger partial charge is 0.273 e. The Kier molecular flexibility index (Phi) is 5.44. The van der Waals surface area contributed by atoms with Gasteiger partial charge < -0.3 is 15.1 Å². The molecule has 1 aliphatic heterocycles. The molecule has 3 aromatic rings. The third kappa shape index (κ3) is 3.87. The number of para-hydroxylation sites is 1. The number of hydrogen-bond donors (Lipinski definition) is 4. The van der Waals surface area contributed by atoms with Gasteiger partial charge in [0.15, 0.2) is 0 Å². The molecule has 8 heteroatoms. The van der Waals surface area contributed by atoms with Gasteiger partial charge in [0.2, 0.25) is 0 Å². The summed E-state index contributed by atoms with van der Waals surface area (Å²) in [5, 5.41) is 21.7. The number of hydrazine groups is 1. The maximum Gasteiger partial charge on any atom is 0.273 e. The number of carbonyl (C=O) groups is 3. The predicted octanol–water partition coefficient (Wildman–Crippen LogP) is 2.32. The third-order valence-corrected chi connectivity index (χ3v) is 5.40. The first-order valence-corrected chi connectivity index (χ1v) is 9.87. The third-order valence-electron chi connectivity index (χ3n) is 5.40. The molecule has 1 fully saturated rings. The second kappa shape index (κ2) is 8.35. The molecular formula is C23H21N3O5. The standard InChI is InChI=1S/C23H21N3O5/c27-19-10-4-3-8-16(19)21(29)24-25-22(30)18-9-5-13-26(18)23(31)17-12-11-14-6-1-2-7-15(14)20(17)28/h1-4,6-8,10-12,18,27-28H,5,9,13H2,(H,24,29)(H,25,30). The summed E-state index contributed by atoms with van der Waals surface area (Å²) in [5.41, 5.74) is 4.73. The van der Waals surface area contributed by atoms with E-state index < -0.39 is 23.8 Å². The van der Waals surface area contributed by atoms with E-state index in [9.17, 15) is 24.6 Å². The van der Waals surface area contributed by atoms with Gasteiger partial charge in [0.25, 0.3) is 17.7 Å². The average molecular weight is 419 g/mol. The maximum absolute atomic E-state index is 13.1. The van der Waals surface area contributed by atoms with E-state index >= 15 is 0 Å². The number of fused-ring (bicyclic) bond motifs is 1. The van der Waals surface area contributed by atoms with Gasteiger partial charge in [-0.05, 0) is 36.4 Å². The number of phenolic OH excluding ortho intramolecular Hbond substituents is 2. The van der Waals surface area contributed by atoms with Crippen molar-refractivity contribution in [2.45, 2.75) is 18.9 Å². The Balaban J connectivity index is 1.48. The Labute approximate surface area is 178 Å². The second-order valence-electron chi connectivity index (χ2n) is 7.30. The molecular weight excluding hydrogens is 398 g/mol. The molecule has 1 heterocycles. The van der Waals surface area contributed by atoms with E-state index in [-0.39, 0.29) is 22.6 Å². The largest absolute Gasteiger partial charge is 0.507 e. The van der Waals surface area contributed by atoms with E-state index in [2.05, 4.69) is 10.9 Å². The number of hydrogen-bond acceptors (Lipinski definition) is 5. The molecule has 158 valence electrons. The first-order valence-electron chi connectivity index (χ1n) is 9.87. The second-order valence-corrected chi connectivity index (χ2v) is 7.30. The molecule has 0 spiro atoms. The summed E-state index contributed by atoms with van der Waals surface area (Å²) in [7, 11) is 0. The van der Waals surface area contributed by atoms with E-state index in [4.69, 9.17) is 0 Å². The van der Waals surface area contributed by atoms with Crippen LogP contribution < -0.4 is 10.9 Å². The number of aromatic hydroxyl groups is 2. The molecule has 3 aromatic carbocycles. The lowest BCUT2D eigenvalue weighted by molar-refractivity contribution is -0.125. The zero-order valence-corrected chi connectivity index (χ0v) is 16.5. The van der Waals surface area contributed by atoms with E-state index in [1.165, 1.54) is 17.0 Å². The summed E-state index contributed by atoms with van der Waals surface area (Å²) in [4.78, 5) is 39.3. The quantitative estimate of drug-likeness (QED) is 0.486. The maximum atomic E-state index is 13.1. The van der Waals surface area contributed by atoms with Gasteiger partial charge in [-0.3, -0.25) is 25.2 Å². The van der Waals surface area contributed by atoms with Crippen LogP contribution in [0.25, 0.3) is 10.8 Å². The highest BCUT2D eigenvalue weighted by molar-refractivity contribution is 6.05. The summed E-state index contributed by atoms with van der Waals surface area (Å²) in [6, 6.07) is 15.6. The van der Waals surface area contributed by atoms with Gasteiger partial charge in [-0.2, -0.15) is 0 Å². The number of likely N-dealkylation sites (tertiary alicyclic amines) is 1. The van der Waals surface area contributed by atoms with Crippen LogP contribution in [0, 0.1) is 0 Å². The summed E-state index contributed by atoms with van der Waals surface area (Å²) in [6.07, 6.45) is 1.05. The number of carbonyl (C=O) groups excluding carboxylic acids is 3. The minimum atomic E-state index is -0.789. The molecule has 4 rings (SSSR count). The molecule has 8 nitrogen and oxygen atoms in total. The van der Waals surface area contributed by atoms with E-state index in [0.717, 1.165) is 5.39 Å². The molecule has 3 amide bonds. The Morgan fingerprint density at radius 2 is 1.61 bits per heavy atom. The van der Waals surface area contributed by atoms with E-state index in [1.54, 1.807) is 36.4 Å². The molecule has 31 heavy (non-hydrogen) atoms. The molecule has 1 atom stereocenters. The van der Waals surface area contributed by atoms with E-state index in [1.807, 2.05) is 12.1 Å². The number of nitrogens with one attached hydrogen (secondary N) is 2. The van der Waals surface area contributed by atoms with Crippen molar-refractivity contribution in [3.8, 4) is 11.5 Å². The van der Waals surface area contributed by atoms with Gasteiger partial charge in [0.05, 0.1) is 11.1 Å². The monoisotopic (exact) mass is 419 g/mol. The van der Waals surface area contributed by atoms with Crippen LogP contribution >= 0.6 is 0 Å². The van der Waals surface area contributed by atoms with Crippen LogP contribution in [-0.4, -0.2) is 45.4 Å². The number of rotatable bonds is 3. The molecule has 0 aromatic heterocycles. The van der Waals surface area contributed by atoms with Crippen LogP contribution in [0.2, 0.25) is 0 Å². The Hall–Kier alpha value is -4.07. The molecule has 0 bridgehead atoms. The van der Waals surface area contributed by atoms with E-state index in [0.29, 0.717) is 24.8 Å². The Bertz CT molecular complexity index is 1180. The zero-order valence-electron chi connectivity index (χ0n) is 16.5. The highest BCUT2D eigenvalue weighted by atomic mass is 16.3. The summed E-state index contributed by atoms with van der Waals surface area (Å²) in [5.74, 6) is -2.00. The van der Waals surface area contributed by atoms with Gasteiger partial charge in [-0.25, -0.2) is 0 Å². The van der Waals surface area contributed by atoms with Gasteiger partial charge >= 0.3 is 0 Å². The van der Waals surface area contributed by atoms with Gasteiger partial charge in [0.1, 0.15) is 17.5 Å². The fraction of sp³-hybridized carbons (Fsp3) is 0.174. The topological polar surface area (TPSA) is 119 Å². The zero-order chi connectivity index (χ0) is 22.0. The van der Waals surface area contributed by atoms with Gasteiger partial charge in [-0.15, -0.1) is 0 Å². The minimum absolute atomic E-state index is 0.0169. The lowest BCUT2D eigenvalue weighted by atomic mass is 10.0. The van der Waals surface area contributed by atoms with Crippen LogP contribution in [0.5, 0.6) is 11.5 Å². The first kappa shape index (κ1) is 20.2. The fourth-order valence-electron chi connectivity index (χ4n) is 3.80. The fourth-order valence-corrected chi connectivity index (χ4v) is 3.80. The number of nitrogens with zero attached hydrogens (tertiary/aromatic N) is 1. The van der Waals surface area contributed by atoms with Crippen LogP contribution in [0.15, 0.2) is 60.7 Å². The lowest BCUT2D eigenvalue weighted by Crippen LogP contribution is -2.51. The first-order chi connectivity index (χ1) is 15.0. The molecule has 0 radical (unpaired) electrons. The molecule has 0 aliphatic carbocycles. The molecule has 1 saturated heterocycles. The van der Waals surface area contributed by atoms with Crippen molar-refractivity contribution in [2.24, 2.45) is 0 Å². The average Bonchev–Trinajstić information content (AvgIpc) is 3.28. The molecule has 4 N–H and O–H groups in total. The van der Waals surface area contributed by atoms with Gasteiger partial charge in [-0.1, -0.05) is 42.5 Å². The normalized spacial score (nSPS) is 15.6. The predicted molar refractivity (Wildman–Crippen MR) is 113 cm³/mol. The minimum Gasteiger partial charge on any atom is -0.507 e. The molecule has 1 aliphatic rings. The van der Waals surface area contributed by atoms with Crippen molar-refractivity contribution in [2.75, 3.05) is 6.54 Å². The highest BCUT2D eigenvalue weighted by Crippen LogP contribution is 2.31. The van der Waals surface area contributed by atoms with Crippen LogP contribution in [0.3, 0.4) is 0 Å². The van der Waals surface area contributed by atoms with Crippen LogP contribution in [-0.2, 0) is 4.79 Å². The summed E-state index contributed by atoms with van der Waals surface area (Å²) >= 11 is 0. The number of amides is 3. The van der Waals surface area contributed by atoms with Crippen LogP contribution in [0.4, 0.5) is 0 Å². The molecule has 1 unspecified atom stereocenters.